The lowest BCUT2D eigenvalue weighted by atomic mass is 9.93. The SMILES string of the molecule is O=COc1c2c(nc3ccccc13)CN1c3ccccc3Sc3cccc-2c31. The van der Waals surface area contributed by atoms with E-state index in [4.69, 9.17) is 9.72 Å². The van der Waals surface area contributed by atoms with Gasteiger partial charge in [0.2, 0.25) is 0 Å². The third-order valence-electron chi connectivity index (χ3n) is 5.31. The molecule has 0 amide bonds. The van der Waals surface area contributed by atoms with Crippen LogP contribution in [0.1, 0.15) is 5.69 Å². The molecule has 0 aliphatic carbocycles. The van der Waals surface area contributed by atoms with Crippen molar-refractivity contribution >= 4 is 40.5 Å². The topological polar surface area (TPSA) is 42.4 Å². The number of hydrogen-bond donors (Lipinski definition) is 0. The number of nitrogens with zero attached hydrogens (tertiary/aromatic N) is 2. The van der Waals surface area contributed by atoms with E-state index < -0.39 is 0 Å². The highest BCUT2D eigenvalue weighted by atomic mass is 32.2. The van der Waals surface area contributed by atoms with E-state index in [0.29, 0.717) is 18.8 Å². The van der Waals surface area contributed by atoms with Crippen LogP contribution in [0.3, 0.4) is 0 Å². The average molecular weight is 382 g/mol. The number of para-hydroxylation sites is 3. The summed E-state index contributed by atoms with van der Waals surface area (Å²) in [5, 5.41) is 0.850. The number of benzene rings is 3. The van der Waals surface area contributed by atoms with Crippen LogP contribution in [0.15, 0.2) is 76.5 Å². The highest BCUT2D eigenvalue weighted by molar-refractivity contribution is 7.99. The van der Waals surface area contributed by atoms with Gasteiger partial charge in [0.05, 0.1) is 34.7 Å². The molecule has 2 aliphatic heterocycles. The maximum absolute atomic E-state index is 11.3. The Kier molecular flexibility index (Phi) is 3.28. The van der Waals surface area contributed by atoms with Gasteiger partial charge in [-0.3, -0.25) is 4.79 Å². The van der Waals surface area contributed by atoms with Crippen LogP contribution in [0.4, 0.5) is 11.4 Å². The first-order chi connectivity index (χ1) is 13.8. The molecule has 0 bridgehead atoms. The Morgan fingerprint density at radius 2 is 1.79 bits per heavy atom. The number of carbonyl (C=O) groups excluding carboxylic acids is 1. The van der Waals surface area contributed by atoms with E-state index >= 15 is 0 Å². The molecule has 2 aliphatic rings. The first-order valence-electron chi connectivity index (χ1n) is 9.05. The third-order valence-corrected chi connectivity index (χ3v) is 6.42. The molecular formula is C23H14N2O2S. The fourth-order valence-electron chi connectivity index (χ4n) is 4.20. The van der Waals surface area contributed by atoms with Gasteiger partial charge >= 0.3 is 0 Å². The van der Waals surface area contributed by atoms with Crippen LogP contribution >= 0.6 is 11.8 Å². The summed E-state index contributed by atoms with van der Waals surface area (Å²) in [7, 11) is 0. The molecule has 0 saturated carbocycles. The molecule has 0 radical (unpaired) electrons. The van der Waals surface area contributed by atoms with Gasteiger partial charge in [-0.05, 0) is 30.3 Å². The summed E-state index contributed by atoms with van der Waals surface area (Å²) in [6, 6.07) is 22.5. The molecule has 3 aromatic carbocycles. The van der Waals surface area contributed by atoms with Crippen LogP contribution in [0.2, 0.25) is 0 Å². The minimum Gasteiger partial charge on any atom is -0.427 e. The van der Waals surface area contributed by atoms with E-state index in [9.17, 15) is 4.79 Å². The Bertz CT molecular complexity index is 1290. The second-order valence-corrected chi connectivity index (χ2v) is 7.89. The number of hydrogen-bond acceptors (Lipinski definition) is 5. The van der Waals surface area contributed by atoms with Crippen molar-refractivity contribution in [2.24, 2.45) is 0 Å². The monoisotopic (exact) mass is 382 g/mol. The van der Waals surface area contributed by atoms with Crippen LogP contribution in [-0.2, 0) is 11.3 Å². The van der Waals surface area contributed by atoms with Crippen LogP contribution in [-0.4, -0.2) is 11.5 Å². The zero-order valence-electron chi connectivity index (χ0n) is 14.8. The Balaban J connectivity index is 1.71. The van der Waals surface area contributed by atoms with Gasteiger partial charge in [-0.15, -0.1) is 0 Å². The molecule has 4 nitrogen and oxygen atoms in total. The maximum Gasteiger partial charge on any atom is 0.298 e. The Morgan fingerprint density at radius 1 is 0.964 bits per heavy atom. The van der Waals surface area contributed by atoms with E-state index in [1.807, 2.05) is 24.3 Å². The Labute approximate surface area is 165 Å². The van der Waals surface area contributed by atoms with Crippen molar-refractivity contribution in [1.82, 2.24) is 4.98 Å². The van der Waals surface area contributed by atoms with Gasteiger partial charge in [0.1, 0.15) is 5.75 Å². The fourth-order valence-corrected chi connectivity index (χ4v) is 5.33. The van der Waals surface area contributed by atoms with Crippen molar-refractivity contribution in [2.45, 2.75) is 16.3 Å². The number of pyridine rings is 1. The predicted octanol–water partition coefficient (Wildman–Crippen LogP) is 5.55. The summed E-state index contributed by atoms with van der Waals surface area (Å²) >= 11 is 1.77. The quantitative estimate of drug-likeness (QED) is 0.425. The minimum atomic E-state index is 0.508. The number of carbonyl (C=O) groups is 1. The molecule has 4 aromatic rings. The van der Waals surface area contributed by atoms with Gasteiger partial charge in [-0.2, -0.15) is 0 Å². The van der Waals surface area contributed by atoms with Gasteiger partial charge in [0, 0.05) is 20.7 Å². The van der Waals surface area contributed by atoms with E-state index in [0.717, 1.165) is 33.4 Å². The summed E-state index contributed by atoms with van der Waals surface area (Å²) < 4.78 is 5.52. The molecule has 1 aromatic heterocycles. The molecule has 0 saturated heterocycles. The lowest BCUT2D eigenvalue weighted by molar-refractivity contribution is -0.120. The number of anilines is 2. The first-order valence-corrected chi connectivity index (χ1v) is 9.86. The van der Waals surface area contributed by atoms with Crippen molar-refractivity contribution in [3.8, 4) is 16.9 Å². The zero-order valence-corrected chi connectivity index (χ0v) is 15.6. The highest BCUT2D eigenvalue weighted by Gasteiger charge is 2.34. The number of fused-ring (bicyclic) bond motifs is 5. The Hall–Kier alpha value is -3.31. The van der Waals surface area contributed by atoms with Crippen molar-refractivity contribution in [1.29, 1.82) is 0 Å². The summed E-state index contributed by atoms with van der Waals surface area (Å²) in [5.74, 6) is 0.590. The normalized spacial score (nSPS) is 13.5. The summed E-state index contributed by atoms with van der Waals surface area (Å²) in [5.41, 5.74) is 6.06. The summed E-state index contributed by atoms with van der Waals surface area (Å²) in [6.07, 6.45) is 0. The lowest BCUT2D eigenvalue weighted by Gasteiger charge is -2.38. The fraction of sp³-hybridized carbons (Fsp3) is 0.0435. The summed E-state index contributed by atoms with van der Waals surface area (Å²) in [6.45, 7) is 1.14. The molecule has 0 unspecified atom stereocenters. The Morgan fingerprint density at radius 3 is 2.71 bits per heavy atom. The number of aromatic nitrogens is 1. The average Bonchev–Trinajstić information content (AvgIpc) is 2.74. The highest BCUT2D eigenvalue weighted by Crippen LogP contribution is 2.56. The summed E-state index contributed by atoms with van der Waals surface area (Å²) in [4.78, 5) is 21.0. The maximum atomic E-state index is 11.3. The molecule has 5 heteroatoms. The van der Waals surface area contributed by atoms with Crippen LogP contribution < -0.4 is 9.64 Å². The molecule has 28 heavy (non-hydrogen) atoms. The van der Waals surface area contributed by atoms with Crippen molar-refractivity contribution in [3.63, 3.8) is 0 Å². The first kappa shape index (κ1) is 15.7. The molecule has 0 atom stereocenters. The van der Waals surface area contributed by atoms with Gasteiger partial charge < -0.3 is 9.64 Å². The van der Waals surface area contributed by atoms with Crippen LogP contribution in [0.25, 0.3) is 22.0 Å². The smallest absolute Gasteiger partial charge is 0.298 e. The van der Waals surface area contributed by atoms with E-state index in [-0.39, 0.29) is 0 Å². The van der Waals surface area contributed by atoms with E-state index in [1.165, 1.54) is 15.5 Å². The van der Waals surface area contributed by atoms with Gasteiger partial charge in [-0.25, -0.2) is 4.98 Å². The molecule has 0 spiro atoms. The van der Waals surface area contributed by atoms with Crippen molar-refractivity contribution in [2.75, 3.05) is 4.90 Å². The van der Waals surface area contributed by atoms with Crippen molar-refractivity contribution in [3.05, 3.63) is 72.4 Å². The van der Waals surface area contributed by atoms with Crippen molar-refractivity contribution < 1.29 is 9.53 Å². The molecule has 3 heterocycles. The van der Waals surface area contributed by atoms with E-state index in [1.54, 1.807) is 11.8 Å². The van der Waals surface area contributed by atoms with Gasteiger partial charge in [-0.1, -0.05) is 48.2 Å². The lowest BCUT2D eigenvalue weighted by Crippen LogP contribution is -2.25. The number of rotatable bonds is 2. The largest absolute Gasteiger partial charge is 0.427 e. The van der Waals surface area contributed by atoms with E-state index in [2.05, 4.69) is 47.4 Å². The predicted molar refractivity (Wildman–Crippen MR) is 110 cm³/mol. The second-order valence-electron chi connectivity index (χ2n) is 6.80. The standard InChI is InChI=1S/C23H14N2O2S/c26-13-27-23-14-6-1-2-8-16(14)24-17-12-25-18-9-3-4-10-19(18)28-20-11-5-7-15(21(17)23)22(20)25/h1-11,13H,12H2. The minimum absolute atomic E-state index is 0.508. The van der Waals surface area contributed by atoms with Crippen LogP contribution in [0.5, 0.6) is 5.75 Å². The van der Waals surface area contributed by atoms with Crippen LogP contribution in [0, 0.1) is 0 Å². The van der Waals surface area contributed by atoms with Gasteiger partial charge in [0.25, 0.3) is 6.47 Å². The van der Waals surface area contributed by atoms with Gasteiger partial charge in [0.15, 0.2) is 0 Å². The zero-order chi connectivity index (χ0) is 18.7. The third kappa shape index (κ3) is 2.08. The molecule has 134 valence electrons. The number of ether oxygens (including phenoxy) is 1. The molecule has 6 rings (SSSR count). The molecular weight excluding hydrogens is 368 g/mol. The molecule has 0 fully saturated rings. The second kappa shape index (κ2) is 5.84. The molecule has 0 N–H and O–H groups in total.